The lowest BCUT2D eigenvalue weighted by Gasteiger charge is -2.27. The molecule has 1 fully saturated rings. The van der Waals surface area contributed by atoms with E-state index in [0.717, 1.165) is 73.4 Å². The summed E-state index contributed by atoms with van der Waals surface area (Å²) in [5, 5.41) is 2.98. The SMILES string of the molecule is CN1CCC(C(=O)Nc2cc(Oc3ccc4c(c3)CC(c3nc(-c5ccccc5)cn3COCC[Si](C)(C)C)CO4)ccn2)CC1. The molecule has 4 heterocycles. The van der Waals surface area contributed by atoms with Crippen LogP contribution < -0.4 is 14.8 Å². The molecule has 2 aliphatic heterocycles. The number of carbonyl (C=O) groups excluding carboxylic acids is 1. The summed E-state index contributed by atoms with van der Waals surface area (Å²) in [6.45, 7) is 10.7. The van der Waals surface area contributed by atoms with Gasteiger partial charge < -0.3 is 29.0 Å². The highest BCUT2D eigenvalue weighted by Gasteiger charge is 2.27. The summed E-state index contributed by atoms with van der Waals surface area (Å²) in [5.41, 5.74) is 3.08. The molecule has 1 amide bonds. The Labute approximate surface area is 272 Å². The van der Waals surface area contributed by atoms with E-state index in [1.807, 2.05) is 36.4 Å². The number of benzene rings is 2. The van der Waals surface area contributed by atoms with Crippen LogP contribution in [-0.2, 0) is 22.7 Å². The number of likely N-dealkylation sites (tertiary alicyclic amines) is 1. The molecule has 1 saturated heterocycles. The van der Waals surface area contributed by atoms with Gasteiger partial charge >= 0.3 is 0 Å². The number of fused-ring (bicyclic) bond motifs is 1. The largest absolute Gasteiger partial charge is 0.493 e. The fraction of sp³-hybridized carbons (Fsp3) is 0.417. The van der Waals surface area contributed by atoms with E-state index < -0.39 is 8.07 Å². The highest BCUT2D eigenvalue weighted by molar-refractivity contribution is 6.76. The van der Waals surface area contributed by atoms with Crippen LogP contribution in [0.3, 0.4) is 0 Å². The number of hydrogen-bond donors (Lipinski definition) is 1. The van der Waals surface area contributed by atoms with Crippen molar-refractivity contribution in [2.24, 2.45) is 5.92 Å². The molecule has 0 aliphatic carbocycles. The van der Waals surface area contributed by atoms with E-state index in [9.17, 15) is 4.79 Å². The van der Waals surface area contributed by atoms with E-state index in [1.54, 1.807) is 18.3 Å². The smallest absolute Gasteiger partial charge is 0.228 e. The lowest BCUT2D eigenvalue weighted by atomic mass is 9.96. The van der Waals surface area contributed by atoms with Crippen molar-refractivity contribution in [3.63, 3.8) is 0 Å². The second-order valence-electron chi connectivity index (χ2n) is 13.7. The van der Waals surface area contributed by atoms with Gasteiger partial charge in [-0.15, -0.1) is 0 Å². The molecular weight excluding hydrogens is 595 g/mol. The summed E-state index contributed by atoms with van der Waals surface area (Å²) >= 11 is 0. The summed E-state index contributed by atoms with van der Waals surface area (Å²) in [6.07, 6.45) is 6.24. The van der Waals surface area contributed by atoms with Gasteiger partial charge in [-0.2, -0.15) is 0 Å². The van der Waals surface area contributed by atoms with Crippen molar-refractivity contribution < 1.29 is 19.0 Å². The zero-order valence-electron chi connectivity index (χ0n) is 27.4. The Hall–Kier alpha value is -3.99. The number of pyridine rings is 1. The first-order valence-electron chi connectivity index (χ1n) is 16.3. The molecule has 1 atom stereocenters. The van der Waals surface area contributed by atoms with Crippen molar-refractivity contribution in [1.82, 2.24) is 19.4 Å². The van der Waals surface area contributed by atoms with E-state index in [-0.39, 0.29) is 17.7 Å². The summed E-state index contributed by atoms with van der Waals surface area (Å²) in [4.78, 5) is 24.5. The number of aromatic nitrogens is 3. The van der Waals surface area contributed by atoms with Crippen LogP contribution in [0.2, 0.25) is 25.7 Å². The predicted octanol–water partition coefficient (Wildman–Crippen LogP) is 7.05. The Morgan fingerprint density at radius 2 is 1.83 bits per heavy atom. The highest BCUT2D eigenvalue weighted by atomic mass is 28.3. The van der Waals surface area contributed by atoms with Crippen LogP contribution in [0, 0.1) is 5.92 Å². The number of rotatable bonds is 11. The lowest BCUT2D eigenvalue weighted by molar-refractivity contribution is -0.121. The summed E-state index contributed by atoms with van der Waals surface area (Å²) in [6, 6.07) is 20.9. The van der Waals surface area contributed by atoms with E-state index in [0.29, 0.717) is 30.7 Å². The molecular formula is C36H45N5O4Si. The normalized spacial score (nSPS) is 17.3. The minimum Gasteiger partial charge on any atom is -0.493 e. The molecule has 0 saturated carbocycles. The molecule has 46 heavy (non-hydrogen) atoms. The number of piperidine rings is 1. The van der Waals surface area contributed by atoms with Crippen molar-refractivity contribution in [3.8, 4) is 28.5 Å². The third-order valence-electron chi connectivity index (χ3n) is 8.71. The Morgan fingerprint density at radius 1 is 1.04 bits per heavy atom. The molecule has 2 aromatic heterocycles. The summed E-state index contributed by atoms with van der Waals surface area (Å²) in [7, 11) is 0.902. The van der Waals surface area contributed by atoms with Crippen LogP contribution >= 0.6 is 0 Å². The van der Waals surface area contributed by atoms with Gasteiger partial charge in [0, 0.05) is 44.6 Å². The number of ether oxygens (including phenoxy) is 3. The molecule has 4 aromatic rings. The molecule has 10 heteroatoms. The standard InChI is InChI=1S/C36H45N5O4Si/c1-40-16-13-27(14-17-40)36(42)39-34-22-31(12-15-37-34)45-30-10-11-33-28(21-30)20-29(24-44-33)35-38-32(26-8-6-5-7-9-26)23-41(35)25-43-18-19-46(2,3)4/h5-12,15,21-23,27,29H,13-14,16-20,24-25H2,1-4H3,(H,37,39,42). The molecule has 1 unspecified atom stereocenters. The Balaban J connectivity index is 1.15. The van der Waals surface area contributed by atoms with E-state index in [2.05, 4.69) is 64.8 Å². The van der Waals surface area contributed by atoms with Crippen LogP contribution in [0.25, 0.3) is 11.3 Å². The van der Waals surface area contributed by atoms with Gasteiger partial charge in [-0.1, -0.05) is 50.0 Å². The third kappa shape index (κ3) is 8.23. The molecule has 2 aliphatic rings. The fourth-order valence-corrected chi connectivity index (χ4v) is 6.68. The average Bonchev–Trinajstić information content (AvgIpc) is 3.47. The zero-order valence-corrected chi connectivity index (χ0v) is 28.4. The molecule has 0 radical (unpaired) electrons. The van der Waals surface area contributed by atoms with Crippen molar-refractivity contribution in [3.05, 3.63) is 84.4 Å². The molecule has 1 N–H and O–H groups in total. The first-order valence-corrected chi connectivity index (χ1v) is 20.0. The second-order valence-corrected chi connectivity index (χ2v) is 19.3. The van der Waals surface area contributed by atoms with Crippen LogP contribution in [0.4, 0.5) is 5.82 Å². The number of imidazole rings is 1. The van der Waals surface area contributed by atoms with E-state index in [4.69, 9.17) is 19.2 Å². The van der Waals surface area contributed by atoms with Gasteiger partial charge in [-0.25, -0.2) is 9.97 Å². The Bertz CT molecular complexity index is 1630. The van der Waals surface area contributed by atoms with Gasteiger partial charge in [0.05, 0.1) is 18.2 Å². The highest BCUT2D eigenvalue weighted by Crippen LogP contribution is 2.36. The van der Waals surface area contributed by atoms with Gasteiger partial charge in [0.15, 0.2) is 0 Å². The maximum Gasteiger partial charge on any atom is 0.228 e. The first-order chi connectivity index (χ1) is 22.2. The number of hydrogen-bond acceptors (Lipinski definition) is 7. The number of carbonyl (C=O) groups is 1. The van der Waals surface area contributed by atoms with Crippen LogP contribution in [-0.4, -0.2) is 66.8 Å². The first kappa shape index (κ1) is 32.0. The monoisotopic (exact) mass is 639 g/mol. The Morgan fingerprint density at radius 3 is 2.61 bits per heavy atom. The molecule has 2 aromatic carbocycles. The minimum atomic E-state index is -1.19. The molecule has 0 bridgehead atoms. The summed E-state index contributed by atoms with van der Waals surface area (Å²) in [5.74, 6) is 3.71. The minimum absolute atomic E-state index is 0.00671. The number of nitrogens with one attached hydrogen (secondary N) is 1. The van der Waals surface area contributed by atoms with E-state index in [1.165, 1.54) is 0 Å². The fourth-order valence-electron chi connectivity index (χ4n) is 5.93. The van der Waals surface area contributed by atoms with Gasteiger partial charge in [0.25, 0.3) is 0 Å². The van der Waals surface area contributed by atoms with Gasteiger partial charge in [-0.05, 0) is 75.3 Å². The lowest BCUT2D eigenvalue weighted by Crippen LogP contribution is -2.36. The predicted molar refractivity (Wildman–Crippen MR) is 183 cm³/mol. The number of anilines is 1. The van der Waals surface area contributed by atoms with Crippen LogP contribution in [0.15, 0.2) is 73.1 Å². The van der Waals surface area contributed by atoms with Gasteiger partial charge in [0.1, 0.15) is 35.6 Å². The number of nitrogens with zero attached hydrogens (tertiary/aromatic N) is 4. The maximum absolute atomic E-state index is 12.8. The van der Waals surface area contributed by atoms with Crippen molar-refractivity contribution in [2.75, 3.05) is 38.7 Å². The maximum atomic E-state index is 12.8. The second kappa shape index (κ2) is 14.2. The zero-order chi connectivity index (χ0) is 32.1. The number of amides is 1. The van der Waals surface area contributed by atoms with E-state index >= 15 is 0 Å². The molecule has 0 spiro atoms. The topological polar surface area (TPSA) is 90.7 Å². The third-order valence-corrected chi connectivity index (χ3v) is 10.4. The Kier molecular flexibility index (Phi) is 9.86. The van der Waals surface area contributed by atoms with Crippen LogP contribution in [0.1, 0.15) is 30.1 Å². The molecule has 242 valence electrons. The van der Waals surface area contributed by atoms with Gasteiger partial charge in [-0.3, -0.25) is 4.79 Å². The average molecular weight is 640 g/mol. The van der Waals surface area contributed by atoms with Crippen LogP contribution in [0.5, 0.6) is 17.2 Å². The van der Waals surface area contributed by atoms with Crippen molar-refractivity contribution in [1.29, 1.82) is 0 Å². The molecule has 6 rings (SSSR count). The summed E-state index contributed by atoms with van der Waals surface area (Å²) < 4.78 is 20.8. The van der Waals surface area contributed by atoms with Gasteiger partial charge in [0.2, 0.25) is 5.91 Å². The van der Waals surface area contributed by atoms with Crippen molar-refractivity contribution in [2.45, 2.75) is 57.6 Å². The molecule has 9 nitrogen and oxygen atoms in total. The quantitative estimate of drug-likeness (QED) is 0.139. The van der Waals surface area contributed by atoms with Crippen molar-refractivity contribution >= 4 is 19.8 Å².